The molecule has 0 atom stereocenters. The Bertz CT molecular complexity index is 1050. The molecule has 4 heteroatoms. The predicted molar refractivity (Wildman–Crippen MR) is 123 cm³/mol. The molecule has 157 valence electrons. The summed E-state index contributed by atoms with van der Waals surface area (Å²) in [6, 6.07) is 14.4. The molecule has 30 heavy (non-hydrogen) atoms. The van der Waals surface area contributed by atoms with Gasteiger partial charge in [-0.2, -0.15) is 0 Å². The number of amides is 1. The van der Waals surface area contributed by atoms with Gasteiger partial charge < -0.3 is 10.5 Å². The second kappa shape index (κ2) is 8.86. The van der Waals surface area contributed by atoms with E-state index in [0.717, 1.165) is 40.6 Å². The summed E-state index contributed by atoms with van der Waals surface area (Å²) in [5.74, 6) is 0.119. The van der Waals surface area contributed by atoms with E-state index < -0.39 is 5.91 Å². The van der Waals surface area contributed by atoms with Gasteiger partial charge in [0.2, 0.25) is 0 Å². The fraction of sp³-hybridized carbons (Fsp3) is 0.346. The molecule has 0 saturated heterocycles. The summed E-state index contributed by atoms with van der Waals surface area (Å²) < 4.78 is 5.59. The minimum Gasteiger partial charge on any atom is -0.484 e. The summed E-state index contributed by atoms with van der Waals surface area (Å²) in [7, 11) is 0. The van der Waals surface area contributed by atoms with Crippen molar-refractivity contribution in [3.8, 4) is 16.9 Å². The highest BCUT2D eigenvalue weighted by atomic mass is 16.5. The number of benzene rings is 2. The van der Waals surface area contributed by atoms with Crippen LogP contribution in [0.15, 0.2) is 42.5 Å². The lowest BCUT2D eigenvalue weighted by molar-refractivity contribution is -0.119. The number of nitrogens with zero attached hydrogens (tertiary/aromatic N) is 1. The number of fused-ring (bicyclic) bond motifs is 1. The fourth-order valence-corrected chi connectivity index (χ4v) is 3.60. The minimum absolute atomic E-state index is 0.00261. The molecule has 1 amide bonds. The molecule has 4 nitrogen and oxygen atoms in total. The minimum atomic E-state index is -0.493. The number of aryl methyl sites for hydroxylation is 2. The van der Waals surface area contributed by atoms with Crippen LogP contribution < -0.4 is 10.5 Å². The van der Waals surface area contributed by atoms with Gasteiger partial charge in [0.1, 0.15) is 5.75 Å². The Balaban J connectivity index is 2.31. The highest BCUT2D eigenvalue weighted by molar-refractivity contribution is 5.98. The first-order valence-corrected chi connectivity index (χ1v) is 10.5. The van der Waals surface area contributed by atoms with Gasteiger partial charge in [-0.25, -0.2) is 0 Å². The third kappa shape index (κ3) is 5.18. The van der Waals surface area contributed by atoms with E-state index in [0.29, 0.717) is 5.75 Å². The van der Waals surface area contributed by atoms with Crippen LogP contribution in [-0.2, 0) is 11.2 Å². The number of nitrogens with two attached hydrogens (primary N) is 1. The van der Waals surface area contributed by atoms with Crippen molar-refractivity contribution in [1.82, 2.24) is 4.98 Å². The highest BCUT2D eigenvalue weighted by Crippen LogP contribution is 2.39. The molecule has 0 spiro atoms. The number of rotatable bonds is 7. The first-order valence-electron chi connectivity index (χ1n) is 10.5. The molecule has 2 aromatic carbocycles. The van der Waals surface area contributed by atoms with Crippen molar-refractivity contribution in [3.05, 3.63) is 65.7 Å². The average Bonchev–Trinajstić information content (AvgIpc) is 2.67. The molecule has 0 aliphatic rings. The van der Waals surface area contributed by atoms with Crippen molar-refractivity contribution < 1.29 is 9.53 Å². The van der Waals surface area contributed by atoms with Crippen LogP contribution in [0.3, 0.4) is 0 Å². The lowest BCUT2D eigenvalue weighted by Crippen LogP contribution is -2.20. The molecule has 0 aliphatic heterocycles. The summed E-state index contributed by atoms with van der Waals surface area (Å²) in [5.41, 5.74) is 12.0. The van der Waals surface area contributed by atoms with Crippen LogP contribution in [0.1, 0.15) is 50.9 Å². The van der Waals surface area contributed by atoms with E-state index in [-0.39, 0.29) is 12.0 Å². The normalized spacial score (nSPS) is 11.6. The van der Waals surface area contributed by atoms with E-state index in [1.807, 2.05) is 18.2 Å². The molecule has 1 heterocycles. The third-order valence-electron chi connectivity index (χ3n) is 4.86. The van der Waals surface area contributed by atoms with Gasteiger partial charge in [0.05, 0.1) is 5.52 Å². The largest absolute Gasteiger partial charge is 0.484 e. The summed E-state index contributed by atoms with van der Waals surface area (Å²) >= 11 is 0. The fourth-order valence-electron chi connectivity index (χ4n) is 3.60. The SMILES string of the molecule is CCCc1nc2ccc(OCC(N)=O)cc2c(-c2ccc(C)cc2)c1[CH]C(C)(C)C. The van der Waals surface area contributed by atoms with Crippen molar-refractivity contribution in [1.29, 1.82) is 0 Å². The molecular formula is C26H31N2O2. The molecule has 0 bridgehead atoms. The molecule has 0 aliphatic carbocycles. The van der Waals surface area contributed by atoms with Crippen molar-refractivity contribution in [2.45, 2.75) is 47.5 Å². The number of carbonyl (C=O) groups is 1. The van der Waals surface area contributed by atoms with Gasteiger partial charge in [-0.15, -0.1) is 0 Å². The van der Waals surface area contributed by atoms with Gasteiger partial charge in [0.15, 0.2) is 6.61 Å². The molecule has 0 fully saturated rings. The van der Waals surface area contributed by atoms with Crippen LogP contribution >= 0.6 is 0 Å². The van der Waals surface area contributed by atoms with E-state index in [2.05, 4.69) is 65.3 Å². The van der Waals surface area contributed by atoms with Gasteiger partial charge >= 0.3 is 0 Å². The molecule has 0 saturated carbocycles. The topological polar surface area (TPSA) is 65.2 Å². The number of primary amides is 1. The second-order valence-corrected chi connectivity index (χ2v) is 8.91. The smallest absolute Gasteiger partial charge is 0.255 e. The number of pyridine rings is 1. The number of hydrogen-bond acceptors (Lipinski definition) is 3. The summed E-state index contributed by atoms with van der Waals surface area (Å²) in [6.07, 6.45) is 4.25. The summed E-state index contributed by atoms with van der Waals surface area (Å²) in [5, 5.41) is 1.01. The Morgan fingerprint density at radius 1 is 1.13 bits per heavy atom. The molecule has 0 unspecified atom stereocenters. The van der Waals surface area contributed by atoms with E-state index in [4.69, 9.17) is 15.5 Å². The lowest BCUT2D eigenvalue weighted by atomic mass is 9.82. The average molecular weight is 404 g/mol. The van der Waals surface area contributed by atoms with Crippen LogP contribution in [-0.4, -0.2) is 17.5 Å². The van der Waals surface area contributed by atoms with Crippen molar-refractivity contribution >= 4 is 16.8 Å². The van der Waals surface area contributed by atoms with Gasteiger partial charge in [-0.1, -0.05) is 63.9 Å². The van der Waals surface area contributed by atoms with Crippen LogP contribution in [0, 0.1) is 18.8 Å². The van der Waals surface area contributed by atoms with Crippen molar-refractivity contribution in [2.24, 2.45) is 11.1 Å². The zero-order chi connectivity index (χ0) is 21.9. The van der Waals surface area contributed by atoms with Crippen molar-refractivity contribution in [3.63, 3.8) is 0 Å². The maximum Gasteiger partial charge on any atom is 0.255 e. The first-order chi connectivity index (χ1) is 14.2. The predicted octanol–water partition coefficient (Wildman–Crippen LogP) is 5.63. The van der Waals surface area contributed by atoms with Gasteiger partial charge in [0.25, 0.3) is 5.91 Å². The maximum atomic E-state index is 11.2. The molecular weight excluding hydrogens is 372 g/mol. The molecule has 1 radical (unpaired) electrons. The zero-order valence-electron chi connectivity index (χ0n) is 18.6. The van der Waals surface area contributed by atoms with Gasteiger partial charge in [-0.3, -0.25) is 9.78 Å². The van der Waals surface area contributed by atoms with Crippen LogP contribution in [0.5, 0.6) is 5.75 Å². The summed E-state index contributed by atoms with van der Waals surface area (Å²) in [6.45, 7) is 10.7. The Morgan fingerprint density at radius 3 is 2.43 bits per heavy atom. The molecule has 3 aromatic rings. The van der Waals surface area contributed by atoms with Gasteiger partial charge in [-0.05, 0) is 60.1 Å². The zero-order valence-corrected chi connectivity index (χ0v) is 18.6. The quantitative estimate of drug-likeness (QED) is 0.556. The first kappa shape index (κ1) is 21.8. The number of ether oxygens (including phenoxy) is 1. The standard InChI is InChI=1S/C26H31N2O2/c1-6-7-22-21(15-26(3,4)5)25(18-10-8-17(2)9-11-18)20-14-19(30-16-24(27)29)12-13-23(20)28-22/h8-15H,6-7,16H2,1-5H3,(H2,27,29). The third-order valence-corrected chi connectivity index (χ3v) is 4.86. The lowest BCUT2D eigenvalue weighted by Gasteiger charge is -2.24. The summed E-state index contributed by atoms with van der Waals surface area (Å²) in [4.78, 5) is 16.2. The van der Waals surface area contributed by atoms with Crippen LogP contribution in [0.25, 0.3) is 22.0 Å². The number of carbonyl (C=O) groups excluding carboxylic acids is 1. The van der Waals surface area contributed by atoms with Gasteiger partial charge in [0, 0.05) is 11.1 Å². The Labute approximate surface area is 179 Å². The monoisotopic (exact) mass is 403 g/mol. The van der Waals surface area contributed by atoms with E-state index in [9.17, 15) is 4.79 Å². The van der Waals surface area contributed by atoms with E-state index >= 15 is 0 Å². The Hall–Kier alpha value is -2.88. The molecule has 2 N–H and O–H groups in total. The Kier molecular flexibility index (Phi) is 6.45. The van der Waals surface area contributed by atoms with E-state index in [1.165, 1.54) is 11.1 Å². The number of hydrogen-bond donors (Lipinski definition) is 1. The highest BCUT2D eigenvalue weighted by Gasteiger charge is 2.22. The molecule has 1 aromatic heterocycles. The number of aromatic nitrogens is 1. The second-order valence-electron chi connectivity index (χ2n) is 8.91. The van der Waals surface area contributed by atoms with Crippen LogP contribution in [0.2, 0.25) is 0 Å². The molecule has 3 rings (SSSR count). The van der Waals surface area contributed by atoms with Crippen LogP contribution in [0.4, 0.5) is 0 Å². The van der Waals surface area contributed by atoms with Crippen molar-refractivity contribution in [2.75, 3.05) is 6.61 Å². The maximum absolute atomic E-state index is 11.2. The Morgan fingerprint density at radius 2 is 1.83 bits per heavy atom. The van der Waals surface area contributed by atoms with E-state index in [1.54, 1.807) is 0 Å².